The molecular weight excluding hydrogens is 300 g/mol. The van der Waals surface area contributed by atoms with Crippen molar-refractivity contribution in [1.82, 2.24) is 0 Å². The molecule has 0 aliphatic carbocycles. The molecule has 0 aromatic carbocycles. The molecule has 1 heterocycles. The molecule has 1 aliphatic rings. The molecule has 3 nitrogen and oxygen atoms in total. The molecule has 24 heavy (non-hydrogen) atoms. The second-order valence-corrected chi connectivity index (χ2v) is 7.59. The minimum Gasteiger partial charge on any atom is -0.393 e. The van der Waals surface area contributed by atoms with Crippen LogP contribution in [0.15, 0.2) is 0 Å². The summed E-state index contributed by atoms with van der Waals surface area (Å²) in [6.45, 7) is 4.88. The average molecular weight is 343 g/mol. The number of hydrogen-bond donors (Lipinski definition) is 1. The molecule has 144 valence electrons. The third-order valence-electron chi connectivity index (χ3n) is 4.89. The van der Waals surface area contributed by atoms with Gasteiger partial charge in [0.25, 0.3) is 0 Å². The highest BCUT2D eigenvalue weighted by Gasteiger charge is 2.40. The molecule has 1 saturated heterocycles. The van der Waals surface area contributed by atoms with E-state index in [2.05, 4.69) is 6.92 Å². The summed E-state index contributed by atoms with van der Waals surface area (Å²) in [5.41, 5.74) is 0. The zero-order valence-corrected chi connectivity index (χ0v) is 16.3. The van der Waals surface area contributed by atoms with Crippen LogP contribution in [0.5, 0.6) is 0 Å². The predicted octanol–water partition coefficient (Wildman–Crippen LogP) is 5.98. The van der Waals surface area contributed by atoms with Crippen LogP contribution in [0.25, 0.3) is 0 Å². The molecule has 3 atom stereocenters. The molecule has 1 aliphatic heterocycles. The fourth-order valence-corrected chi connectivity index (χ4v) is 3.27. The Hall–Kier alpha value is -0.120. The first-order valence-electron chi connectivity index (χ1n) is 10.7. The van der Waals surface area contributed by atoms with E-state index in [1.807, 2.05) is 0 Å². The van der Waals surface area contributed by atoms with Gasteiger partial charge in [0.15, 0.2) is 6.29 Å². The normalized spacial score (nSPS) is 21.1. The van der Waals surface area contributed by atoms with Gasteiger partial charge in [0, 0.05) is 13.0 Å². The van der Waals surface area contributed by atoms with Crippen LogP contribution in [-0.2, 0) is 9.47 Å². The zero-order chi connectivity index (χ0) is 17.5. The van der Waals surface area contributed by atoms with Gasteiger partial charge in [-0.3, -0.25) is 0 Å². The molecule has 1 fully saturated rings. The van der Waals surface area contributed by atoms with E-state index in [1.54, 1.807) is 6.92 Å². The number of aliphatic hydroxyl groups is 1. The van der Waals surface area contributed by atoms with Gasteiger partial charge in [-0.05, 0) is 13.3 Å². The van der Waals surface area contributed by atoms with Gasteiger partial charge in [-0.25, -0.2) is 0 Å². The summed E-state index contributed by atoms with van der Waals surface area (Å²) in [6.07, 6.45) is 19.9. The Bertz CT molecular complexity index is 268. The summed E-state index contributed by atoms with van der Waals surface area (Å²) in [4.78, 5) is 0. The first kappa shape index (κ1) is 21.9. The highest BCUT2D eigenvalue weighted by molar-refractivity contribution is 4.78. The summed E-state index contributed by atoms with van der Waals surface area (Å²) < 4.78 is 11.0. The summed E-state index contributed by atoms with van der Waals surface area (Å²) in [7, 11) is 0. The van der Waals surface area contributed by atoms with Gasteiger partial charge < -0.3 is 14.6 Å². The van der Waals surface area contributed by atoms with Gasteiger partial charge in [-0.2, -0.15) is 0 Å². The maximum atomic E-state index is 9.25. The van der Waals surface area contributed by atoms with Gasteiger partial charge in [0.05, 0.1) is 6.10 Å². The van der Waals surface area contributed by atoms with Crippen LogP contribution in [0.4, 0.5) is 0 Å². The molecule has 1 N–H and O–H groups in total. The lowest BCUT2D eigenvalue weighted by molar-refractivity contribution is 0.0477. The fraction of sp³-hybridized carbons (Fsp3) is 1.00. The van der Waals surface area contributed by atoms with Crippen molar-refractivity contribution in [3.8, 4) is 0 Å². The largest absolute Gasteiger partial charge is 0.393 e. The number of unbranched alkanes of at least 4 members (excludes halogenated alkanes) is 13. The second kappa shape index (κ2) is 15.2. The van der Waals surface area contributed by atoms with Crippen molar-refractivity contribution < 1.29 is 14.6 Å². The summed E-state index contributed by atoms with van der Waals surface area (Å²) in [5.74, 6) is 0. The van der Waals surface area contributed by atoms with E-state index in [4.69, 9.17) is 9.47 Å². The smallest absolute Gasteiger partial charge is 0.184 e. The second-order valence-electron chi connectivity index (χ2n) is 7.59. The summed E-state index contributed by atoms with van der Waals surface area (Å²) in [5, 5.41) is 9.25. The Morgan fingerprint density at radius 1 is 0.792 bits per heavy atom. The zero-order valence-electron chi connectivity index (χ0n) is 16.3. The molecule has 0 bridgehead atoms. The highest BCUT2D eigenvalue weighted by Crippen LogP contribution is 2.27. The lowest BCUT2D eigenvalue weighted by atomic mass is 10.0. The molecule has 0 spiro atoms. The van der Waals surface area contributed by atoms with Crippen LogP contribution in [0.2, 0.25) is 0 Å². The van der Waals surface area contributed by atoms with Crippen molar-refractivity contribution in [2.24, 2.45) is 0 Å². The third kappa shape index (κ3) is 13.2. The number of epoxide rings is 1. The Morgan fingerprint density at radius 3 is 1.71 bits per heavy atom. The van der Waals surface area contributed by atoms with Crippen LogP contribution in [0.3, 0.4) is 0 Å². The van der Waals surface area contributed by atoms with Crippen LogP contribution < -0.4 is 0 Å². The minimum absolute atomic E-state index is 0.0402. The van der Waals surface area contributed by atoms with E-state index in [0.717, 1.165) is 13.0 Å². The fourth-order valence-electron chi connectivity index (χ4n) is 3.27. The Labute approximate surface area is 150 Å². The summed E-state index contributed by atoms with van der Waals surface area (Å²) >= 11 is 0. The monoisotopic (exact) mass is 342 g/mol. The molecule has 3 unspecified atom stereocenters. The van der Waals surface area contributed by atoms with Gasteiger partial charge in [0.1, 0.15) is 6.10 Å². The van der Waals surface area contributed by atoms with Gasteiger partial charge >= 0.3 is 0 Å². The molecule has 1 rings (SSSR count). The predicted molar refractivity (Wildman–Crippen MR) is 101 cm³/mol. The van der Waals surface area contributed by atoms with E-state index in [-0.39, 0.29) is 18.5 Å². The number of ether oxygens (including phenoxy) is 2. The van der Waals surface area contributed by atoms with Crippen molar-refractivity contribution in [3.05, 3.63) is 0 Å². The maximum absolute atomic E-state index is 9.25. The van der Waals surface area contributed by atoms with Gasteiger partial charge in [-0.1, -0.05) is 90.4 Å². The average Bonchev–Trinajstić information content (AvgIpc) is 3.28. The standard InChI is InChI=1S/C21H42O3/c1-3-4-5-6-7-8-9-10-11-12-13-14-15-16-17-23-21-20(24-21)18-19(2)22/h19-22H,3-18H2,1-2H3. The van der Waals surface area contributed by atoms with Crippen molar-refractivity contribution in [3.63, 3.8) is 0 Å². The number of aliphatic hydroxyl groups excluding tert-OH is 1. The van der Waals surface area contributed by atoms with Crippen LogP contribution in [-0.4, -0.2) is 30.2 Å². The van der Waals surface area contributed by atoms with Crippen molar-refractivity contribution in [1.29, 1.82) is 0 Å². The Kier molecular flexibility index (Phi) is 13.8. The highest BCUT2D eigenvalue weighted by atomic mass is 16.8. The lowest BCUT2D eigenvalue weighted by Gasteiger charge is -2.04. The first-order valence-corrected chi connectivity index (χ1v) is 10.7. The van der Waals surface area contributed by atoms with Crippen molar-refractivity contribution in [2.75, 3.05) is 6.61 Å². The van der Waals surface area contributed by atoms with Gasteiger partial charge in [0.2, 0.25) is 0 Å². The molecular formula is C21H42O3. The minimum atomic E-state index is -0.287. The third-order valence-corrected chi connectivity index (χ3v) is 4.89. The molecule has 0 aromatic rings. The van der Waals surface area contributed by atoms with Crippen molar-refractivity contribution in [2.45, 2.75) is 129 Å². The molecule has 0 radical (unpaired) electrons. The Balaban J connectivity index is 1.67. The SMILES string of the molecule is CCCCCCCCCCCCCCCCOC1OC1CC(C)O. The van der Waals surface area contributed by atoms with Gasteiger partial charge in [-0.15, -0.1) is 0 Å². The summed E-state index contributed by atoms with van der Waals surface area (Å²) in [6, 6.07) is 0. The number of hydrogen-bond acceptors (Lipinski definition) is 3. The first-order chi connectivity index (χ1) is 11.7. The van der Waals surface area contributed by atoms with Crippen LogP contribution >= 0.6 is 0 Å². The molecule has 3 heteroatoms. The quantitative estimate of drug-likeness (QED) is 0.246. The van der Waals surface area contributed by atoms with E-state index in [9.17, 15) is 5.11 Å². The molecule has 0 saturated carbocycles. The molecule has 0 amide bonds. The lowest BCUT2D eigenvalue weighted by Crippen LogP contribution is -2.08. The number of rotatable bonds is 18. The van der Waals surface area contributed by atoms with E-state index < -0.39 is 0 Å². The maximum Gasteiger partial charge on any atom is 0.184 e. The van der Waals surface area contributed by atoms with Crippen LogP contribution in [0, 0.1) is 0 Å². The van der Waals surface area contributed by atoms with Crippen molar-refractivity contribution >= 4 is 0 Å². The van der Waals surface area contributed by atoms with Crippen LogP contribution in [0.1, 0.15) is 110 Å². The Morgan fingerprint density at radius 2 is 1.25 bits per heavy atom. The molecule has 0 aromatic heterocycles. The topological polar surface area (TPSA) is 42.0 Å². The van der Waals surface area contributed by atoms with E-state index in [0.29, 0.717) is 6.42 Å². The van der Waals surface area contributed by atoms with E-state index in [1.165, 1.54) is 83.5 Å². The van der Waals surface area contributed by atoms with E-state index >= 15 is 0 Å².